The number of anilines is 1. The molecular weight excluding hydrogens is 373 g/mol. The van der Waals surface area contributed by atoms with Gasteiger partial charge in [0.05, 0.1) is 15.7 Å². The summed E-state index contributed by atoms with van der Waals surface area (Å²) in [6.07, 6.45) is 0. The monoisotopic (exact) mass is 397 g/mol. The maximum Gasteiger partial charge on any atom is 0.235 e. The summed E-state index contributed by atoms with van der Waals surface area (Å²) in [5.74, 6) is -0.772. The van der Waals surface area contributed by atoms with Gasteiger partial charge in [0.15, 0.2) is 0 Å². The highest BCUT2D eigenvalue weighted by Gasteiger charge is 2.47. The summed E-state index contributed by atoms with van der Waals surface area (Å²) in [6, 6.07) is 5.57. The molecule has 3 rings (SSSR count). The zero-order valence-corrected chi connectivity index (χ0v) is 16.9. The molecule has 26 heavy (non-hydrogen) atoms. The summed E-state index contributed by atoms with van der Waals surface area (Å²) in [7, 11) is 0. The lowest BCUT2D eigenvalue weighted by molar-refractivity contribution is -0.143. The highest BCUT2D eigenvalue weighted by Crippen LogP contribution is 2.37. The third-order valence-electron chi connectivity index (χ3n) is 5.42. The molecule has 0 saturated carbocycles. The summed E-state index contributed by atoms with van der Waals surface area (Å²) >= 11 is 12.4. The van der Waals surface area contributed by atoms with Crippen molar-refractivity contribution in [2.45, 2.75) is 20.8 Å². The quantitative estimate of drug-likeness (QED) is 0.780. The van der Waals surface area contributed by atoms with Crippen LogP contribution < -0.4 is 10.2 Å². The Morgan fingerprint density at radius 2 is 1.81 bits per heavy atom. The van der Waals surface area contributed by atoms with Crippen molar-refractivity contribution in [1.29, 1.82) is 0 Å². The van der Waals surface area contributed by atoms with Crippen LogP contribution in [-0.2, 0) is 9.59 Å². The normalized spacial score (nSPS) is 24.0. The second-order valence-corrected chi connectivity index (χ2v) is 8.87. The number of hydrogen-bond donors (Lipinski definition) is 1. The molecule has 2 aliphatic heterocycles. The van der Waals surface area contributed by atoms with Crippen LogP contribution in [0.4, 0.5) is 5.69 Å². The third-order valence-corrected chi connectivity index (χ3v) is 6.23. The first-order chi connectivity index (χ1) is 12.2. The predicted molar refractivity (Wildman–Crippen MR) is 105 cm³/mol. The van der Waals surface area contributed by atoms with Crippen molar-refractivity contribution in [1.82, 2.24) is 10.2 Å². The lowest BCUT2D eigenvalue weighted by Crippen LogP contribution is -2.52. The molecule has 0 spiro atoms. The Bertz CT molecular complexity index is 709. The van der Waals surface area contributed by atoms with Crippen LogP contribution in [0.1, 0.15) is 20.8 Å². The van der Waals surface area contributed by atoms with E-state index in [4.69, 9.17) is 23.2 Å². The van der Waals surface area contributed by atoms with Crippen molar-refractivity contribution in [2.75, 3.05) is 37.6 Å². The number of amides is 2. The summed E-state index contributed by atoms with van der Waals surface area (Å²) in [6.45, 7) is 9.29. The van der Waals surface area contributed by atoms with Gasteiger partial charge in [-0.25, -0.2) is 0 Å². The molecule has 2 fully saturated rings. The van der Waals surface area contributed by atoms with E-state index in [1.807, 2.05) is 17.0 Å². The fraction of sp³-hybridized carbons (Fsp3) is 0.579. The van der Waals surface area contributed by atoms with Gasteiger partial charge < -0.3 is 15.1 Å². The van der Waals surface area contributed by atoms with E-state index in [1.54, 1.807) is 6.07 Å². The number of halogens is 2. The molecule has 0 aromatic heterocycles. The van der Waals surface area contributed by atoms with Crippen LogP contribution in [0.2, 0.25) is 10.0 Å². The second kappa shape index (κ2) is 7.28. The van der Waals surface area contributed by atoms with Crippen molar-refractivity contribution in [3.05, 3.63) is 28.2 Å². The molecule has 5 nitrogen and oxygen atoms in total. The molecule has 142 valence electrons. The number of carbonyl (C=O) groups is 2. The van der Waals surface area contributed by atoms with Crippen LogP contribution in [-0.4, -0.2) is 49.4 Å². The van der Waals surface area contributed by atoms with Crippen molar-refractivity contribution < 1.29 is 9.59 Å². The summed E-state index contributed by atoms with van der Waals surface area (Å²) < 4.78 is 0. The topological polar surface area (TPSA) is 52.7 Å². The van der Waals surface area contributed by atoms with Gasteiger partial charge in [-0.3, -0.25) is 9.59 Å². The largest absolute Gasteiger partial charge is 0.367 e. The van der Waals surface area contributed by atoms with Crippen LogP contribution >= 0.6 is 23.2 Å². The molecule has 2 saturated heterocycles. The van der Waals surface area contributed by atoms with Gasteiger partial charge in [-0.15, -0.1) is 0 Å². The van der Waals surface area contributed by atoms with Gasteiger partial charge in [0.1, 0.15) is 5.92 Å². The van der Waals surface area contributed by atoms with E-state index < -0.39 is 5.92 Å². The number of rotatable bonds is 2. The number of carbonyl (C=O) groups excluding carboxylic acids is 2. The number of nitrogens with one attached hydrogen (secondary N) is 1. The first-order valence-electron chi connectivity index (χ1n) is 8.95. The molecule has 7 heteroatoms. The van der Waals surface area contributed by atoms with Gasteiger partial charge in [-0.1, -0.05) is 50.0 Å². The maximum absolute atomic E-state index is 13.0. The van der Waals surface area contributed by atoms with Crippen molar-refractivity contribution in [3.63, 3.8) is 0 Å². The van der Waals surface area contributed by atoms with Crippen LogP contribution in [0.5, 0.6) is 0 Å². The highest BCUT2D eigenvalue weighted by molar-refractivity contribution is 6.43. The Kier molecular flexibility index (Phi) is 5.40. The third kappa shape index (κ3) is 3.65. The average Bonchev–Trinajstić information content (AvgIpc) is 2.99. The molecule has 1 aromatic carbocycles. The first-order valence-corrected chi connectivity index (χ1v) is 9.71. The number of benzene rings is 1. The van der Waals surface area contributed by atoms with Gasteiger partial charge >= 0.3 is 0 Å². The Morgan fingerprint density at radius 1 is 1.15 bits per heavy atom. The Hall–Kier alpha value is -1.46. The summed E-state index contributed by atoms with van der Waals surface area (Å²) in [5, 5.41) is 3.93. The van der Waals surface area contributed by atoms with Gasteiger partial charge in [-0.05, 0) is 17.5 Å². The second-order valence-electron chi connectivity index (χ2n) is 8.08. The predicted octanol–water partition coefficient (Wildman–Crippen LogP) is 3.05. The Morgan fingerprint density at radius 3 is 2.42 bits per heavy atom. The SMILES string of the molecule is CC(C)(C)[C@H]1CNC(=O)[C@H]1C(=O)N1CCN(c2cccc(Cl)c2Cl)CC1. The van der Waals surface area contributed by atoms with E-state index >= 15 is 0 Å². The van der Waals surface area contributed by atoms with Gasteiger partial charge in [0.2, 0.25) is 11.8 Å². The average molecular weight is 398 g/mol. The molecule has 0 unspecified atom stereocenters. The standard InChI is InChI=1S/C19H25Cl2N3O2/c1-19(2,3)12-11-22-17(25)15(12)18(26)24-9-7-23(8-10-24)14-6-4-5-13(20)16(14)21/h4-6,12,15H,7-11H2,1-3H3,(H,22,25)/t12-,15-/m0/s1. The fourth-order valence-electron chi connectivity index (χ4n) is 3.81. The van der Waals surface area contributed by atoms with Crippen LogP contribution in [0, 0.1) is 17.3 Å². The van der Waals surface area contributed by atoms with Gasteiger partial charge in [0.25, 0.3) is 0 Å². The number of nitrogens with zero attached hydrogens (tertiary/aromatic N) is 2. The van der Waals surface area contributed by atoms with E-state index in [-0.39, 0.29) is 23.1 Å². The van der Waals surface area contributed by atoms with Gasteiger partial charge in [-0.2, -0.15) is 0 Å². The van der Waals surface area contributed by atoms with Crippen LogP contribution in [0.15, 0.2) is 18.2 Å². The lowest BCUT2D eigenvalue weighted by atomic mass is 9.74. The molecule has 0 aliphatic carbocycles. The van der Waals surface area contributed by atoms with Crippen LogP contribution in [0.25, 0.3) is 0 Å². The minimum Gasteiger partial charge on any atom is -0.367 e. The molecule has 2 atom stereocenters. The summed E-state index contributed by atoms with van der Waals surface area (Å²) in [5.41, 5.74) is 0.785. The van der Waals surface area contributed by atoms with E-state index in [1.165, 1.54) is 0 Å². The van der Waals surface area contributed by atoms with Crippen molar-refractivity contribution in [3.8, 4) is 0 Å². The zero-order valence-electron chi connectivity index (χ0n) is 15.4. The first kappa shape index (κ1) is 19.3. The highest BCUT2D eigenvalue weighted by atomic mass is 35.5. The van der Waals surface area contributed by atoms with Crippen molar-refractivity contribution in [2.24, 2.45) is 17.3 Å². The summed E-state index contributed by atoms with van der Waals surface area (Å²) in [4.78, 5) is 29.3. The zero-order chi connectivity index (χ0) is 19.1. The van der Waals surface area contributed by atoms with E-state index in [2.05, 4.69) is 31.0 Å². The molecule has 0 radical (unpaired) electrons. The molecule has 2 heterocycles. The van der Waals surface area contributed by atoms with Crippen LogP contribution in [0.3, 0.4) is 0 Å². The minimum absolute atomic E-state index is 0.0166. The Labute approximate surface area is 164 Å². The molecule has 0 bridgehead atoms. The van der Waals surface area contributed by atoms with Gasteiger partial charge in [0, 0.05) is 38.6 Å². The smallest absolute Gasteiger partial charge is 0.235 e. The van der Waals surface area contributed by atoms with E-state index in [9.17, 15) is 9.59 Å². The fourth-order valence-corrected chi connectivity index (χ4v) is 4.23. The maximum atomic E-state index is 13.0. The van der Waals surface area contributed by atoms with E-state index in [0.717, 1.165) is 5.69 Å². The van der Waals surface area contributed by atoms with Crippen molar-refractivity contribution >= 4 is 40.7 Å². The molecule has 1 N–H and O–H groups in total. The molecule has 2 amide bonds. The minimum atomic E-state index is -0.587. The molecule has 1 aromatic rings. The van der Waals surface area contributed by atoms with E-state index in [0.29, 0.717) is 42.8 Å². The molecule has 2 aliphatic rings. The molecular formula is C19H25Cl2N3O2. The number of piperazine rings is 1. The number of hydrogen-bond acceptors (Lipinski definition) is 3. The Balaban J connectivity index is 1.69. The lowest BCUT2D eigenvalue weighted by Gasteiger charge is -2.39.